The maximum Gasteiger partial charge on any atom is 0.138 e. The molecule has 92 valence electrons. The predicted octanol–water partition coefficient (Wildman–Crippen LogP) is 3.21. The van der Waals surface area contributed by atoms with Gasteiger partial charge in [0.1, 0.15) is 23.2 Å². The van der Waals surface area contributed by atoms with Gasteiger partial charge in [-0.15, -0.1) is 0 Å². The highest BCUT2D eigenvalue weighted by Crippen LogP contribution is 2.26. The first-order chi connectivity index (χ1) is 8.58. The molecule has 0 radical (unpaired) electrons. The van der Waals surface area contributed by atoms with Crippen LogP contribution in [0.5, 0.6) is 11.5 Å². The van der Waals surface area contributed by atoms with Crippen molar-refractivity contribution in [1.29, 1.82) is 5.41 Å². The first kappa shape index (κ1) is 12.1. The fourth-order valence-electron chi connectivity index (χ4n) is 1.54. The first-order valence-electron chi connectivity index (χ1n) is 5.45. The van der Waals surface area contributed by atoms with E-state index < -0.39 is 0 Å². The second kappa shape index (κ2) is 4.87. The SMILES string of the molecule is Cc1ccc(Oc2ccccc2C(=N)N)cc1F. The Kier molecular flexibility index (Phi) is 3.28. The second-order valence-corrected chi connectivity index (χ2v) is 3.92. The lowest BCUT2D eigenvalue weighted by Gasteiger charge is -2.10. The Labute approximate surface area is 105 Å². The molecule has 0 heterocycles. The van der Waals surface area contributed by atoms with Gasteiger partial charge in [-0.3, -0.25) is 5.41 Å². The van der Waals surface area contributed by atoms with Crippen LogP contribution in [-0.2, 0) is 0 Å². The molecule has 0 aliphatic heterocycles. The molecule has 0 aromatic heterocycles. The van der Waals surface area contributed by atoms with E-state index in [1.807, 2.05) is 0 Å². The molecule has 18 heavy (non-hydrogen) atoms. The average molecular weight is 244 g/mol. The molecule has 2 aromatic carbocycles. The van der Waals surface area contributed by atoms with Crippen LogP contribution in [0.1, 0.15) is 11.1 Å². The third-order valence-electron chi connectivity index (χ3n) is 2.55. The van der Waals surface area contributed by atoms with Crippen LogP contribution in [0, 0.1) is 18.2 Å². The Balaban J connectivity index is 2.34. The zero-order valence-corrected chi connectivity index (χ0v) is 9.91. The minimum Gasteiger partial charge on any atom is -0.456 e. The standard InChI is InChI=1S/C14H13FN2O/c1-9-6-7-10(8-12(9)15)18-13-5-3-2-4-11(13)14(16)17/h2-8H,1H3,(H3,16,17). The molecule has 0 bridgehead atoms. The number of nitrogen functional groups attached to an aromatic ring is 1. The Morgan fingerprint density at radius 2 is 1.94 bits per heavy atom. The molecule has 4 heteroatoms. The van der Waals surface area contributed by atoms with Crippen LogP contribution in [-0.4, -0.2) is 5.84 Å². The van der Waals surface area contributed by atoms with Crippen LogP contribution in [0.4, 0.5) is 4.39 Å². The average Bonchev–Trinajstić information content (AvgIpc) is 2.34. The molecular weight excluding hydrogens is 231 g/mol. The summed E-state index contributed by atoms with van der Waals surface area (Å²) in [4.78, 5) is 0. The normalized spacial score (nSPS) is 10.1. The number of para-hydroxylation sites is 1. The highest BCUT2D eigenvalue weighted by Gasteiger charge is 2.07. The summed E-state index contributed by atoms with van der Waals surface area (Å²) in [7, 11) is 0. The largest absolute Gasteiger partial charge is 0.456 e. The molecule has 0 aliphatic carbocycles. The lowest BCUT2D eigenvalue weighted by Crippen LogP contribution is -2.12. The fraction of sp³-hybridized carbons (Fsp3) is 0.0714. The Bertz CT molecular complexity index is 596. The number of nitrogens with one attached hydrogen (secondary N) is 1. The molecule has 0 aliphatic rings. The fourth-order valence-corrected chi connectivity index (χ4v) is 1.54. The number of benzene rings is 2. The number of rotatable bonds is 3. The minimum atomic E-state index is -0.326. The molecule has 0 amide bonds. The van der Waals surface area contributed by atoms with Gasteiger partial charge in [0.2, 0.25) is 0 Å². The van der Waals surface area contributed by atoms with Crippen molar-refractivity contribution in [3.05, 3.63) is 59.4 Å². The number of hydrogen-bond donors (Lipinski definition) is 2. The predicted molar refractivity (Wildman–Crippen MR) is 68.7 cm³/mol. The summed E-state index contributed by atoms with van der Waals surface area (Å²) >= 11 is 0. The summed E-state index contributed by atoms with van der Waals surface area (Å²) in [5, 5.41) is 7.44. The van der Waals surface area contributed by atoms with Crippen LogP contribution in [0.25, 0.3) is 0 Å². The summed E-state index contributed by atoms with van der Waals surface area (Å²) in [5.41, 5.74) is 6.49. The molecular formula is C14H13FN2O. The number of nitrogens with two attached hydrogens (primary N) is 1. The van der Waals surface area contributed by atoms with Crippen molar-refractivity contribution in [3.63, 3.8) is 0 Å². The van der Waals surface area contributed by atoms with Crippen molar-refractivity contribution in [1.82, 2.24) is 0 Å². The highest BCUT2D eigenvalue weighted by molar-refractivity contribution is 5.97. The molecule has 0 spiro atoms. The summed E-state index contributed by atoms with van der Waals surface area (Å²) in [6.07, 6.45) is 0. The zero-order chi connectivity index (χ0) is 13.1. The van der Waals surface area contributed by atoms with E-state index in [-0.39, 0.29) is 11.7 Å². The van der Waals surface area contributed by atoms with Gasteiger partial charge in [0.05, 0.1) is 5.56 Å². The van der Waals surface area contributed by atoms with Gasteiger partial charge in [0, 0.05) is 6.07 Å². The molecule has 0 saturated carbocycles. The van der Waals surface area contributed by atoms with E-state index in [4.69, 9.17) is 15.9 Å². The van der Waals surface area contributed by atoms with Crippen molar-refractivity contribution in [2.75, 3.05) is 0 Å². The smallest absolute Gasteiger partial charge is 0.138 e. The van der Waals surface area contributed by atoms with E-state index >= 15 is 0 Å². The molecule has 0 saturated heterocycles. The van der Waals surface area contributed by atoms with Crippen LogP contribution in [0.2, 0.25) is 0 Å². The highest BCUT2D eigenvalue weighted by atomic mass is 19.1. The van der Waals surface area contributed by atoms with E-state index in [2.05, 4.69) is 0 Å². The summed E-state index contributed by atoms with van der Waals surface area (Å²) in [5.74, 6) is 0.408. The zero-order valence-electron chi connectivity index (χ0n) is 9.91. The van der Waals surface area contributed by atoms with Gasteiger partial charge in [-0.1, -0.05) is 18.2 Å². The van der Waals surface area contributed by atoms with Gasteiger partial charge in [0.25, 0.3) is 0 Å². The summed E-state index contributed by atoms with van der Waals surface area (Å²) in [6.45, 7) is 1.68. The lowest BCUT2D eigenvalue weighted by molar-refractivity contribution is 0.475. The van der Waals surface area contributed by atoms with E-state index in [0.717, 1.165) is 0 Å². The molecule has 2 aromatic rings. The number of ether oxygens (including phenoxy) is 1. The van der Waals surface area contributed by atoms with Crippen molar-refractivity contribution in [3.8, 4) is 11.5 Å². The van der Waals surface area contributed by atoms with Crippen LogP contribution < -0.4 is 10.5 Å². The van der Waals surface area contributed by atoms with Crippen molar-refractivity contribution in [2.45, 2.75) is 6.92 Å². The Hall–Kier alpha value is -2.36. The Morgan fingerprint density at radius 1 is 1.22 bits per heavy atom. The van der Waals surface area contributed by atoms with Crippen molar-refractivity contribution >= 4 is 5.84 Å². The van der Waals surface area contributed by atoms with E-state index in [1.54, 1.807) is 43.3 Å². The van der Waals surface area contributed by atoms with Gasteiger partial charge in [0.15, 0.2) is 0 Å². The van der Waals surface area contributed by atoms with Gasteiger partial charge >= 0.3 is 0 Å². The number of halogens is 1. The maximum atomic E-state index is 13.4. The summed E-state index contributed by atoms with van der Waals surface area (Å²) < 4.78 is 18.9. The van der Waals surface area contributed by atoms with Gasteiger partial charge in [-0.05, 0) is 30.7 Å². The molecule has 0 atom stereocenters. The number of hydrogen-bond acceptors (Lipinski definition) is 2. The van der Waals surface area contributed by atoms with Crippen LogP contribution in [0.15, 0.2) is 42.5 Å². The molecule has 0 unspecified atom stereocenters. The van der Waals surface area contributed by atoms with Crippen molar-refractivity contribution in [2.24, 2.45) is 5.73 Å². The van der Waals surface area contributed by atoms with E-state index in [1.165, 1.54) is 6.07 Å². The van der Waals surface area contributed by atoms with Crippen LogP contribution in [0.3, 0.4) is 0 Å². The monoisotopic (exact) mass is 244 g/mol. The number of aryl methyl sites for hydroxylation is 1. The maximum absolute atomic E-state index is 13.4. The molecule has 3 N–H and O–H groups in total. The van der Waals surface area contributed by atoms with E-state index in [9.17, 15) is 4.39 Å². The van der Waals surface area contributed by atoms with Gasteiger partial charge in [-0.2, -0.15) is 0 Å². The van der Waals surface area contributed by atoms with E-state index in [0.29, 0.717) is 22.6 Å². The molecule has 3 nitrogen and oxygen atoms in total. The third-order valence-corrected chi connectivity index (χ3v) is 2.55. The minimum absolute atomic E-state index is 0.0850. The quantitative estimate of drug-likeness (QED) is 0.643. The second-order valence-electron chi connectivity index (χ2n) is 3.92. The third kappa shape index (κ3) is 2.48. The lowest BCUT2D eigenvalue weighted by atomic mass is 10.2. The van der Waals surface area contributed by atoms with Crippen LogP contribution >= 0.6 is 0 Å². The van der Waals surface area contributed by atoms with Gasteiger partial charge in [-0.25, -0.2) is 4.39 Å². The molecule has 0 fully saturated rings. The first-order valence-corrected chi connectivity index (χ1v) is 5.45. The number of amidine groups is 1. The Morgan fingerprint density at radius 3 is 2.61 bits per heavy atom. The van der Waals surface area contributed by atoms with Crippen molar-refractivity contribution < 1.29 is 9.13 Å². The topological polar surface area (TPSA) is 59.1 Å². The van der Waals surface area contributed by atoms with Gasteiger partial charge < -0.3 is 10.5 Å². The molecule has 2 rings (SSSR count). The summed E-state index contributed by atoms with van der Waals surface area (Å²) in [6, 6.07) is 11.5.